The highest BCUT2D eigenvalue weighted by Crippen LogP contribution is 2.24. The van der Waals surface area contributed by atoms with Crippen molar-refractivity contribution in [3.63, 3.8) is 0 Å². The number of nitrogens with one attached hydrogen (secondary N) is 1. The molecule has 6 nitrogen and oxygen atoms in total. The number of hydrogen-bond acceptors (Lipinski definition) is 5. The van der Waals surface area contributed by atoms with Crippen LogP contribution in [0.4, 0.5) is 11.5 Å². The molecule has 1 aromatic rings. The zero-order chi connectivity index (χ0) is 13.8. The topological polar surface area (TPSA) is 71.3 Å². The van der Waals surface area contributed by atoms with Gasteiger partial charge in [0.1, 0.15) is 12.0 Å². The molecule has 1 fully saturated rings. The molecule has 1 atom stereocenters. The minimum absolute atomic E-state index is 0.0848. The first-order chi connectivity index (χ1) is 9.13. The zero-order valence-electron chi connectivity index (χ0n) is 11.4. The van der Waals surface area contributed by atoms with Gasteiger partial charge in [-0.1, -0.05) is 0 Å². The van der Waals surface area contributed by atoms with E-state index in [1.807, 2.05) is 6.07 Å². The van der Waals surface area contributed by atoms with Crippen LogP contribution >= 0.6 is 0 Å². The van der Waals surface area contributed by atoms with Crippen molar-refractivity contribution < 1.29 is 4.92 Å². The molecule has 0 aromatic carbocycles. The fraction of sp³-hybridized carbons (Fsp3) is 0.615. The maximum Gasteiger partial charge on any atom is 0.290 e. The van der Waals surface area contributed by atoms with E-state index in [4.69, 9.17) is 0 Å². The molecule has 0 radical (unpaired) electrons. The Morgan fingerprint density at radius 2 is 2.42 bits per heavy atom. The second kappa shape index (κ2) is 5.97. The van der Waals surface area contributed by atoms with Crippen molar-refractivity contribution in [3.8, 4) is 0 Å². The molecule has 1 unspecified atom stereocenters. The van der Waals surface area contributed by atoms with Gasteiger partial charge in [0.2, 0.25) is 0 Å². The lowest BCUT2D eigenvalue weighted by Gasteiger charge is -2.34. The summed E-state index contributed by atoms with van der Waals surface area (Å²) in [6.07, 6.45) is 3.66. The summed E-state index contributed by atoms with van der Waals surface area (Å²) in [6.45, 7) is 6.73. The molecule has 2 rings (SSSR count). The average molecular weight is 264 g/mol. The summed E-state index contributed by atoms with van der Waals surface area (Å²) in [5.74, 6) is 0.833. The maximum atomic E-state index is 10.8. The molecule has 0 amide bonds. The van der Waals surface area contributed by atoms with Gasteiger partial charge in [-0.25, -0.2) is 4.98 Å². The molecular weight excluding hydrogens is 244 g/mol. The Balaban J connectivity index is 2.23. The summed E-state index contributed by atoms with van der Waals surface area (Å²) in [5, 5.41) is 14.2. The molecule has 1 aliphatic heterocycles. The largest absolute Gasteiger partial charge is 0.353 e. The van der Waals surface area contributed by atoms with Gasteiger partial charge >= 0.3 is 0 Å². The van der Waals surface area contributed by atoms with Crippen molar-refractivity contribution in [1.29, 1.82) is 0 Å². The van der Waals surface area contributed by atoms with Crippen molar-refractivity contribution in [2.75, 3.05) is 24.5 Å². The van der Waals surface area contributed by atoms with E-state index in [-0.39, 0.29) is 10.6 Å². The van der Waals surface area contributed by atoms with Gasteiger partial charge in [-0.3, -0.25) is 10.1 Å². The van der Waals surface area contributed by atoms with Crippen LogP contribution in [0.1, 0.15) is 25.3 Å². The van der Waals surface area contributed by atoms with Gasteiger partial charge in [0, 0.05) is 24.7 Å². The number of piperidine rings is 1. The lowest BCUT2D eigenvalue weighted by molar-refractivity contribution is -0.385. The first kappa shape index (κ1) is 13.7. The standard InChI is InChI=1S/C13H20N4O2/c1-3-16(11-5-4-6-14-8-11)13-7-10(2)12(9-15-13)17(18)19/h7,9,11,14H,3-6,8H2,1-2H3. The predicted molar refractivity (Wildman–Crippen MR) is 74.5 cm³/mol. The predicted octanol–water partition coefficient (Wildman–Crippen LogP) is 1.88. The Morgan fingerprint density at radius 1 is 1.63 bits per heavy atom. The van der Waals surface area contributed by atoms with Crippen LogP contribution in [0.25, 0.3) is 0 Å². The van der Waals surface area contributed by atoms with Gasteiger partial charge < -0.3 is 10.2 Å². The van der Waals surface area contributed by atoms with Gasteiger partial charge in [-0.15, -0.1) is 0 Å². The van der Waals surface area contributed by atoms with Gasteiger partial charge in [0.25, 0.3) is 5.69 Å². The minimum Gasteiger partial charge on any atom is -0.353 e. The maximum absolute atomic E-state index is 10.8. The Kier molecular flexibility index (Phi) is 4.31. The van der Waals surface area contributed by atoms with Crippen molar-refractivity contribution >= 4 is 11.5 Å². The zero-order valence-corrected chi connectivity index (χ0v) is 11.4. The Labute approximate surface area is 113 Å². The monoisotopic (exact) mass is 264 g/mol. The van der Waals surface area contributed by atoms with Gasteiger partial charge in [0.05, 0.1) is 4.92 Å². The molecule has 1 aliphatic rings. The van der Waals surface area contributed by atoms with E-state index >= 15 is 0 Å². The molecule has 0 aliphatic carbocycles. The van der Waals surface area contributed by atoms with Crippen LogP contribution in [0, 0.1) is 17.0 Å². The molecule has 0 saturated carbocycles. The fourth-order valence-electron chi connectivity index (χ4n) is 2.59. The van der Waals surface area contributed by atoms with Crippen LogP contribution in [0.3, 0.4) is 0 Å². The number of aryl methyl sites for hydroxylation is 1. The summed E-state index contributed by atoms with van der Waals surface area (Å²) in [6, 6.07) is 2.24. The second-order valence-electron chi connectivity index (χ2n) is 4.87. The first-order valence-electron chi connectivity index (χ1n) is 6.72. The molecule has 0 spiro atoms. The molecular formula is C13H20N4O2. The van der Waals surface area contributed by atoms with Gasteiger partial charge in [-0.05, 0) is 39.3 Å². The highest BCUT2D eigenvalue weighted by atomic mass is 16.6. The Morgan fingerprint density at radius 3 is 2.95 bits per heavy atom. The van der Waals surface area contributed by atoms with Crippen molar-refractivity contribution in [1.82, 2.24) is 10.3 Å². The van der Waals surface area contributed by atoms with E-state index in [1.54, 1.807) is 6.92 Å². The fourth-order valence-corrected chi connectivity index (χ4v) is 2.59. The third kappa shape index (κ3) is 3.01. The lowest BCUT2D eigenvalue weighted by atomic mass is 10.1. The number of anilines is 1. The van der Waals surface area contributed by atoms with Crippen LogP contribution in [0.5, 0.6) is 0 Å². The second-order valence-corrected chi connectivity index (χ2v) is 4.87. The van der Waals surface area contributed by atoms with Crippen molar-refractivity contribution in [3.05, 3.63) is 27.9 Å². The van der Waals surface area contributed by atoms with E-state index in [0.29, 0.717) is 11.6 Å². The van der Waals surface area contributed by atoms with E-state index in [0.717, 1.165) is 38.3 Å². The van der Waals surface area contributed by atoms with Gasteiger partial charge in [0.15, 0.2) is 0 Å². The average Bonchev–Trinajstić information content (AvgIpc) is 2.40. The number of nitrogens with zero attached hydrogens (tertiary/aromatic N) is 3. The number of pyridine rings is 1. The number of likely N-dealkylation sites (N-methyl/N-ethyl adjacent to an activating group) is 1. The normalized spacial score (nSPS) is 19.2. The Hall–Kier alpha value is -1.69. The number of rotatable bonds is 4. The van der Waals surface area contributed by atoms with E-state index in [1.165, 1.54) is 6.20 Å². The highest BCUT2D eigenvalue weighted by Gasteiger charge is 2.22. The van der Waals surface area contributed by atoms with Crippen LogP contribution in [0.15, 0.2) is 12.3 Å². The molecule has 1 aromatic heterocycles. The molecule has 2 heterocycles. The van der Waals surface area contributed by atoms with E-state index in [9.17, 15) is 10.1 Å². The van der Waals surface area contributed by atoms with Crippen molar-refractivity contribution in [2.24, 2.45) is 0 Å². The van der Waals surface area contributed by atoms with Crippen LogP contribution in [-0.4, -0.2) is 35.6 Å². The third-order valence-corrected chi connectivity index (χ3v) is 3.61. The number of hydrogen-bond donors (Lipinski definition) is 1. The van der Waals surface area contributed by atoms with Crippen LogP contribution < -0.4 is 10.2 Å². The summed E-state index contributed by atoms with van der Waals surface area (Å²) < 4.78 is 0. The molecule has 104 valence electrons. The summed E-state index contributed by atoms with van der Waals surface area (Å²) >= 11 is 0. The highest BCUT2D eigenvalue weighted by molar-refractivity contribution is 5.49. The summed E-state index contributed by atoms with van der Waals surface area (Å²) in [7, 11) is 0. The lowest BCUT2D eigenvalue weighted by Crippen LogP contribution is -2.46. The quantitative estimate of drug-likeness (QED) is 0.664. The molecule has 19 heavy (non-hydrogen) atoms. The summed E-state index contributed by atoms with van der Waals surface area (Å²) in [5.41, 5.74) is 0.749. The van der Waals surface area contributed by atoms with E-state index in [2.05, 4.69) is 22.1 Å². The smallest absolute Gasteiger partial charge is 0.290 e. The van der Waals surface area contributed by atoms with Crippen molar-refractivity contribution in [2.45, 2.75) is 32.7 Å². The minimum atomic E-state index is -0.384. The molecule has 0 bridgehead atoms. The number of nitro groups is 1. The Bertz CT molecular complexity index is 458. The third-order valence-electron chi connectivity index (χ3n) is 3.61. The molecule has 6 heteroatoms. The molecule has 1 saturated heterocycles. The van der Waals surface area contributed by atoms with Crippen LogP contribution in [0.2, 0.25) is 0 Å². The molecule has 1 N–H and O–H groups in total. The number of aromatic nitrogens is 1. The van der Waals surface area contributed by atoms with Gasteiger partial charge in [-0.2, -0.15) is 0 Å². The first-order valence-corrected chi connectivity index (χ1v) is 6.72. The van der Waals surface area contributed by atoms with E-state index < -0.39 is 0 Å². The van der Waals surface area contributed by atoms with Crippen LogP contribution in [-0.2, 0) is 0 Å². The SMILES string of the molecule is CCN(c1cc(C)c([N+](=O)[O-])cn1)C1CCCNC1. The summed E-state index contributed by atoms with van der Waals surface area (Å²) in [4.78, 5) is 16.9.